The van der Waals surface area contributed by atoms with E-state index in [-0.39, 0.29) is 23.9 Å². The van der Waals surface area contributed by atoms with E-state index in [1.165, 1.54) is 11.3 Å². The highest BCUT2D eigenvalue weighted by Crippen LogP contribution is 2.33. The van der Waals surface area contributed by atoms with Crippen LogP contribution in [0.1, 0.15) is 17.8 Å². The van der Waals surface area contributed by atoms with Crippen LogP contribution in [0.4, 0.5) is 0 Å². The van der Waals surface area contributed by atoms with E-state index < -0.39 is 0 Å². The van der Waals surface area contributed by atoms with Gasteiger partial charge in [-0.25, -0.2) is 0 Å². The fourth-order valence-corrected chi connectivity index (χ4v) is 2.77. The van der Waals surface area contributed by atoms with Gasteiger partial charge in [-0.3, -0.25) is 4.79 Å². The molecule has 2 rings (SSSR count). The number of carbonyl (C=O) groups excluding carboxylic acids is 1. The molecule has 0 bridgehead atoms. The quantitative estimate of drug-likeness (QED) is 0.769. The van der Waals surface area contributed by atoms with Crippen LogP contribution in [0.25, 0.3) is 0 Å². The Hall–Kier alpha value is -0.580. The van der Waals surface area contributed by atoms with E-state index in [0.29, 0.717) is 0 Å². The standard InChI is InChI=1S/C9H11ClN2OS/c1-4-7(11)8(12-9(4)13)5-2-3-6(10)14-5/h2-4,7-8H,11H2,1H3,(H,12,13)/t4?,7-,8?/m0/s1. The predicted molar refractivity (Wildman–Crippen MR) is 57.4 cm³/mol. The van der Waals surface area contributed by atoms with Crippen molar-refractivity contribution in [2.45, 2.75) is 19.0 Å². The van der Waals surface area contributed by atoms with Gasteiger partial charge < -0.3 is 11.1 Å². The summed E-state index contributed by atoms with van der Waals surface area (Å²) in [5, 5.41) is 2.87. The van der Waals surface area contributed by atoms with E-state index in [4.69, 9.17) is 17.3 Å². The van der Waals surface area contributed by atoms with E-state index in [1.807, 2.05) is 19.1 Å². The molecule has 1 aliphatic heterocycles. The predicted octanol–water partition coefficient (Wildman–Crippen LogP) is 1.54. The Balaban J connectivity index is 2.25. The third-order valence-corrected chi connectivity index (χ3v) is 3.89. The summed E-state index contributed by atoms with van der Waals surface area (Å²) in [4.78, 5) is 12.4. The van der Waals surface area contributed by atoms with Crippen LogP contribution < -0.4 is 11.1 Å². The molecule has 0 spiro atoms. The van der Waals surface area contributed by atoms with Gasteiger partial charge in [-0.1, -0.05) is 18.5 Å². The van der Waals surface area contributed by atoms with Crippen molar-refractivity contribution in [2.24, 2.45) is 11.7 Å². The van der Waals surface area contributed by atoms with Crippen molar-refractivity contribution in [1.29, 1.82) is 0 Å². The molecule has 0 aromatic carbocycles. The van der Waals surface area contributed by atoms with Crippen molar-refractivity contribution in [3.05, 3.63) is 21.3 Å². The van der Waals surface area contributed by atoms with Gasteiger partial charge in [0.15, 0.2) is 0 Å². The second-order valence-electron chi connectivity index (χ2n) is 3.49. The fourth-order valence-electron chi connectivity index (χ4n) is 1.60. The number of thiophene rings is 1. The van der Waals surface area contributed by atoms with Crippen molar-refractivity contribution >= 4 is 28.8 Å². The number of hydrogen-bond donors (Lipinski definition) is 2. The Morgan fingerprint density at radius 3 is 2.71 bits per heavy atom. The summed E-state index contributed by atoms with van der Waals surface area (Å²) >= 11 is 7.29. The molecule has 1 aromatic heterocycles. The van der Waals surface area contributed by atoms with Gasteiger partial charge in [0.25, 0.3) is 0 Å². The molecule has 3 atom stereocenters. The zero-order valence-electron chi connectivity index (χ0n) is 7.66. The van der Waals surface area contributed by atoms with Gasteiger partial charge in [0.2, 0.25) is 5.91 Å². The summed E-state index contributed by atoms with van der Waals surface area (Å²) in [5.41, 5.74) is 5.93. The summed E-state index contributed by atoms with van der Waals surface area (Å²) in [6.07, 6.45) is 0. The average molecular weight is 231 g/mol. The van der Waals surface area contributed by atoms with Crippen LogP contribution in [0, 0.1) is 5.92 Å². The first kappa shape index (κ1) is 9.96. The van der Waals surface area contributed by atoms with E-state index in [9.17, 15) is 4.79 Å². The summed E-state index contributed by atoms with van der Waals surface area (Å²) in [5.74, 6) is -0.104. The van der Waals surface area contributed by atoms with Crippen molar-refractivity contribution in [3.63, 3.8) is 0 Å². The molecule has 1 aromatic rings. The Kier molecular flexibility index (Phi) is 2.51. The van der Waals surface area contributed by atoms with Crippen molar-refractivity contribution in [3.8, 4) is 0 Å². The fraction of sp³-hybridized carbons (Fsp3) is 0.444. The van der Waals surface area contributed by atoms with E-state index in [2.05, 4.69) is 5.32 Å². The molecule has 1 amide bonds. The summed E-state index contributed by atoms with van der Waals surface area (Å²) in [7, 11) is 0. The number of hydrogen-bond acceptors (Lipinski definition) is 3. The van der Waals surface area contributed by atoms with Crippen LogP contribution in [0.2, 0.25) is 4.34 Å². The van der Waals surface area contributed by atoms with Gasteiger partial charge in [0.05, 0.1) is 16.3 Å². The van der Waals surface area contributed by atoms with Crippen LogP contribution in [0.3, 0.4) is 0 Å². The summed E-state index contributed by atoms with van der Waals surface area (Å²) < 4.78 is 0.723. The van der Waals surface area contributed by atoms with Crippen molar-refractivity contribution < 1.29 is 4.79 Å². The lowest BCUT2D eigenvalue weighted by Crippen LogP contribution is -2.30. The number of rotatable bonds is 1. The van der Waals surface area contributed by atoms with Crippen LogP contribution in [0.5, 0.6) is 0 Å². The van der Waals surface area contributed by atoms with Gasteiger partial charge in [-0.05, 0) is 12.1 Å². The lowest BCUT2D eigenvalue weighted by molar-refractivity contribution is -0.122. The molecule has 76 valence electrons. The molecular formula is C9H11ClN2OS. The number of carbonyl (C=O) groups is 1. The first-order valence-electron chi connectivity index (χ1n) is 4.41. The Labute approximate surface area is 91.2 Å². The normalized spacial score (nSPS) is 31.9. The van der Waals surface area contributed by atoms with Crippen LogP contribution in [0.15, 0.2) is 12.1 Å². The van der Waals surface area contributed by atoms with Crippen molar-refractivity contribution in [1.82, 2.24) is 5.32 Å². The second kappa shape index (κ2) is 3.53. The highest BCUT2D eigenvalue weighted by atomic mass is 35.5. The maximum Gasteiger partial charge on any atom is 0.225 e. The molecule has 14 heavy (non-hydrogen) atoms. The zero-order valence-corrected chi connectivity index (χ0v) is 9.23. The molecule has 1 aliphatic rings. The summed E-state index contributed by atoms with van der Waals surface area (Å²) in [6, 6.07) is 3.51. The number of amides is 1. The minimum Gasteiger partial charge on any atom is -0.347 e. The lowest BCUT2D eigenvalue weighted by atomic mass is 10.0. The Morgan fingerprint density at radius 2 is 2.29 bits per heavy atom. The SMILES string of the molecule is CC1C(=O)NC(c2ccc(Cl)s2)[C@H]1N. The van der Waals surface area contributed by atoms with E-state index >= 15 is 0 Å². The third-order valence-electron chi connectivity index (χ3n) is 2.57. The molecule has 1 fully saturated rings. The Morgan fingerprint density at radius 1 is 1.57 bits per heavy atom. The largest absolute Gasteiger partial charge is 0.347 e. The van der Waals surface area contributed by atoms with Crippen LogP contribution in [-0.4, -0.2) is 11.9 Å². The smallest absolute Gasteiger partial charge is 0.225 e. The number of nitrogens with two attached hydrogens (primary N) is 1. The van der Waals surface area contributed by atoms with E-state index in [1.54, 1.807) is 0 Å². The molecule has 5 heteroatoms. The summed E-state index contributed by atoms with van der Waals surface area (Å²) in [6.45, 7) is 1.84. The highest BCUT2D eigenvalue weighted by molar-refractivity contribution is 7.16. The second-order valence-corrected chi connectivity index (χ2v) is 5.24. The molecule has 0 radical (unpaired) electrons. The van der Waals surface area contributed by atoms with Gasteiger partial charge >= 0.3 is 0 Å². The molecule has 2 unspecified atom stereocenters. The maximum absolute atomic E-state index is 11.4. The molecule has 3 N–H and O–H groups in total. The maximum atomic E-state index is 11.4. The van der Waals surface area contributed by atoms with Crippen LogP contribution >= 0.6 is 22.9 Å². The average Bonchev–Trinajstić information content (AvgIpc) is 2.66. The highest BCUT2D eigenvalue weighted by Gasteiger charge is 2.38. The number of halogens is 1. The topological polar surface area (TPSA) is 55.1 Å². The van der Waals surface area contributed by atoms with Gasteiger partial charge in [0.1, 0.15) is 0 Å². The monoisotopic (exact) mass is 230 g/mol. The van der Waals surface area contributed by atoms with E-state index in [0.717, 1.165) is 9.21 Å². The number of nitrogens with one attached hydrogen (secondary N) is 1. The van der Waals surface area contributed by atoms with Crippen molar-refractivity contribution in [2.75, 3.05) is 0 Å². The molecule has 1 saturated heterocycles. The molecule has 0 aliphatic carbocycles. The first-order valence-corrected chi connectivity index (χ1v) is 5.60. The molecule has 0 saturated carbocycles. The minimum atomic E-state index is -0.155. The van der Waals surface area contributed by atoms with Crippen LogP contribution in [-0.2, 0) is 4.79 Å². The minimum absolute atomic E-state index is 0.0204. The zero-order chi connectivity index (χ0) is 10.3. The van der Waals surface area contributed by atoms with Gasteiger partial charge in [-0.2, -0.15) is 0 Å². The first-order chi connectivity index (χ1) is 6.59. The third kappa shape index (κ3) is 1.54. The Bertz CT molecular complexity index is 365. The lowest BCUT2D eigenvalue weighted by Gasteiger charge is -2.14. The van der Waals surface area contributed by atoms with Gasteiger partial charge in [-0.15, -0.1) is 11.3 Å². The molecule has 3 nitrogen and oxygen atoms in total. The van der Waals surface area contributed by atoms with Gasteiger partial charge in [0, 0.05) is 10.9 Å². The molecular weight excluding hydrogens is 220 g/mol. The molecule has 2 heterocycles.